The number of imide groups is 1. The standard InChI is InChI=1S/C26H22N2O4/c29-21(11-12-28-25(31)22-14-5-6-15(8-7-14)23(22)26(28)32)27-16-9-10-18-17-3-1-2-4-19(17)24(30)20(18)13-16/h1-6,9-10,13-15,22-23H,7-8,11-12H2,(H,27,29). The second-order valence-corrected chi connectivity index (χ2v) is 9.10. The molecule has 4 aliphatic carbocycles. The van der Waals surface area contributed by atoms with Crippen molar-refractivity contribution < 1.29 is 19.2 Å². The number of nitrogens with one attached hydrogen (secondary N) is 1. The lowest BCUT2D eigenvalue weighted by atomic mass is 9.63. The molecule has 6 nitrogen and oxygen atoms in total. The molecule has 1 aliphatic heterocycles. The molecular weight excluding hydrogens is 404 g/mol. The Kier molecular flexibility index (Phi) is 4.18. The van der Waals surface area contributed by atoms with E-state index in [9.17, 15) is 19.2 Å². The molecule has 1 heterocycles. The molecule has 1 saturated carbocycles. The summed E-state index contributed by atoms with van der Waals surface area (Å²) in [6.07, 6.45) is 6.12. The van der Waals surface area contributed by atoms with Gasteiger partial charge in [0, 0.05) is 29.8 Å². The lowest BCUT2D eigenvalue weighted by Crippen LogP contribution is -2.38. The highest BCUT2D eigenvalue weighted by Gasteiger charge is 2.56. The fourth-order valence-corrected chi connectivity index (χ4v) is 5.90. The third-order valence-corrected chi connectivity index (χ3v) is 7.42. The van der Waals surface area contributed by atoms with Crippen molar-refractivity contribution >= 4 is 29.2 Å². The molecule has 0 spiro atoms. The highest BCUT2D eigenvalue weighted by atomic mass is 16.2. The summed E-state index contributed by atoms with van der Waals surface area (Å²) in [7, 11) is 0. The Morgan fingerprint density at radius 3 is 2.12 bits per heavy atom. The van der Waals surface area contributed by atoms with Crippen molar-refractivity contribution in [1.82, 2.24) is 4.90 Å². The molecular formula is C26H22N2O4. The highest BCUT2D eigenvalue weighted by Crippen LogP contribution is 2.49. The summed E-state index contributed by atoms with van der Waals surface area (Å²) >= 11 is 0. The summed E-state index contributed by atoms with van der Waals surface area (Å²) < 4.78 is 0. The zero-order chi connectivity index (χ0) is 22.0. The van der Waals surface area contributed by atoms with Crippen LogP contribution >= 0.6 is 0 Å². The van der Waals surface area contributed by atoms with Crippen LogP contribution in [-0.2, 0) is 14.4 Å². The number of benzene rings is 2. The van der Waals surface area contributed by atoms with E-state index in [-0.39, 0.29) is 60.1 Å². The first-order chi connectivity index (χ1) is 15.5. The number of allylic oxidation sites excluding steroid dienone is 2. The van der Waals surface area contributed by atoms with E-state index in [1.165, 1.54) is 4.90 Å². The molecule has 1 N–H and O–H groups in total. The molecule has 3 amide bonds. The van der Waals surface area contributed by atoms with Crippen LogP contribution in [-0.4, -0.2) is 34.9 Å². The molecule has 2 bridgehead atoms. The average molecular weight is 426 g/mol. The van der Waals surface area contributed by atoms with Crippen LogP contribution < -0.4 is 5.32 Å². The molecule has 0 aromatic heterocycles. The van der Waals surface area contributed by atoms with Gasteiger partial charge in [-0.3, -0.25) is 24.1 Å². The van der Waals surface area contributed by atoms with Crippen LogP contribution in [0.1, 0.15) is 35.2 Å². The maximum absolute atomic E-state index is 12.9. The lowest BCUT2D eigenvalue weighted by molar-refractivity contribution is -0.140. The number of ketones is 1. The quantitative estimate of drug-likeness (QED) is 0.512. The Morgan fingerprint density at radius 2 is 1.47 bits per heavy atom. The molecule has 2 fully saturated rings. The minimum Gasteiger partial charge on any atom is -0.326 e. The van der Waals surface area contributed by atoms with Gasteiger partial charge in [0.1, 0.15) is 0 Å². The largest absolute Gasteiger partial charge is 0.326 e. The number of fused-ring (bicyclic) bond motifs is 4. The van der Waals surface area contributed by atoms with Crippen molar-refractivity contribution in [1.29, 1.82) is 0 Å². The first-order valence-electron chi connectivity index (χ1n) is 11.1. The molecule has 2 aromatic carbocycles. The third kappa shape index (κ3) is 2.72. The van der Waals surface area contributed by atoms with Gasteiger partial charge < -0.3 is 5.32 Å². The van der Waals surface area contributed by atoms with Gasteiger partial charge in [-0.05, 0) is 47.9 Å². The number of anilines is 1. The normalized spacial score (nSPS) is 26.9. The van der Waals surface area contributed by atoms with Crippen LogP contribution in [0.4, 0.5) is 5.69 Å². The van der Waals surface area contributed by atoms with Gasteiger partial charge in [-0.25, -0.2) is 0 Å². The first-order valence-corrected chi connectivity index (χ1v) is 11.1. The van der Waals surface area contributed by atoms with Crippen molar-refractivity contribution in [3.63, 3.8) is 0 Å². The van der Waals surface area contributed by atoms with E-state index < -0.39 is 0 Å². The Bertz CT molecular complexity index is 1200. The molecule has 0 radical (unpaired) electrons. The van der Waals surface area contributed by atoms with Gasteiger partial charge in [0.2, 0.25) is 17.7 Å². The van der Waals surface area contributed by atoms with Gasteiger partial charge in [0.25, 0.3) is 0 Å². The maximum Gasteiger partial charge on any atom is 0.233 e. The summed E-state index contributed by atoms with van der Waals surface area (Å²) in [6.45, 7) is 0.0885. The molecule has 4 unspecified atom stereocenters. The summed E-state index contributed by atoms with van der Waals surface area (Å²) in [5.41, 5.74) is 3.54. The number of hydrogen-bond acceptors (Lipinski definition) is 4. The summed E-state index contributed by atoms with van der Waals surface area (Å²) in [6, 6.07) is 12.8. The Morgan fingerprint density at radius 1 is 0.844 bits per heavy atom. The van der Waals surface area contributed by atoms with Gasteiger partial charge in [-0.1, -0.05) is 42.5 Å². The van der Waals surface area contributed by atoms with Crippen molar-refractivity contribution in [2.45, 2.75) is 19.3 Å². The number of nitrogens with zero attached hydrogens (tertiary/aromatic N) is 1. The van der Waals surface area contributed by atoms with Crippen LogP contribution in [0.2, 0.25) is 0 Å². The Hall–Kier alpha value is -3.54. The predicted molar refractivity (Wildman–Crippen MR) is 118 cm³/mol. The molecule has 1 saturated heterocycles. The number of carbonyl (C=O) groups is 4. The zero-order valence-electron chi connectivity index (χ0n) is 17.4. The van der Waals surface area contributed by atoms with E-state index in [0.29, 0.717) is 16.8 Å². The summed E-state index contributed by atoms with van der Waals surface area (Å²) in [4.78, 5) is 52.3. The molecule has 4 atom stereocenters. The van der Waals surface area contributed by atoms with E-state index in [1.807, 2.05) is 24.3 Å². The molecule has 6 heteroatoms. The van der Waals surface area contributed by atoms with Crippen LogP contribution in [0, 0.1) is 23.7 Å². The molecule has 5 aliphatic rings. The topological polar surface area (TPSA) is 83.6 Å². The van der Waals surface area contributed by atoms with Crippen LogP contribution in [0.3, 0.4) is 0 Å². The minimum atomic E-state index is -0.288. The van der Waals surface area contributed by atoms with Crippen LogP contribution in [0.15, 0.2) is 54.6 Å². The predicted octanol–water partition coefficient (Wildman–Crippen LogP) is 3.42. The van der Waals surface area contributed by atoms with Crippen molar-refractivity contribution in [3.05, 3.63) is 65.7 Å². The van der Waals surface area contributed by atoms with Gasteiger partial charge in [-0.2, -0.15) is 0 Å². The molecule has 7 rings (SSSR count). The fraction of sp³-hybridized carbons (Fsp3) is 0.308. The lowest BCUT2D eigenvalue weighted by Gasteiger charge is -2.38. The van der Waals surface area contributed by atoms with Crippen LogP contribution in [0.5, 0.6) is 0 Å². The van der Waals surface area contributed by atoms with E-state index in [1.54, 1.807) is 18.2 Å². The average Bonchev–Trinajstić information content (AvgIpc) is 3.25. The van der Waals surface area contributed by atoms with Crippen molar-refractivity contribution in [3.8, 4) is 11.1 Å². The number of likely N-dealkylation sites (tertiary alicyclic amines) is 1. The summed E-state index contributed by atoms with van der Waals surface area (Å²) in [5.74, 6) is -0.810. The smallest absolute Gasteiger partial charge is 0.233 e. The van der Waals surface area contributed by atoms with Crippen molar-refractivity contribution in [2.24, 2.45) is 23.7 Å². The van der Waals surface area contributed by atoms with E-state index >= 15 is 0 Å². The van der Waals surface area contributed by atoms with E-state index in [0.717, 1.165) is 24.0 Å². The second kappa shape index (κ2) is 6.99. The van der Waals surface area contributed by atoms with E-state index in [2.05, 4.69) is 17.5 Å². The van der Waals surface area contributed by atoms with Gasteiger partial charge >= 0.3 is 0 Å². The SMILES string of the molecule is O=C(CCN1C(=O)C2C3C=CC(CC3)C2C1=O)Nc1ccc2c(c1)C(=O)c1ccccc1-2. The Balaban J connectivity index is 1.13. The zero-order valence-corrected chi connectivity index (χ0v) is 17.4. The number of carbonyl (C=O) groups excluding carboxylic acids is 4. The van der Waals surface area contributed by atoms with Crippen molar-refractivity contribution in [2.75, 3.05) is 11.9 Å². The second-order valence-electron chi connectivity index (χ2n) is 9.10. The van der Waals surface area contributed by atoms with E-state index in [4.69, 9.17) is 0 Å². The monoisotopic (exact) mass is 426 g/mol. The maximum atomic E-state index is 12.9. The van der Waals surface area contributed by atoms with Gasteiger partial charge in [0.05, 0.1) is 11.8 Å². The first kappa shape index (κ1) is 19.2. The Labute approximate surface area is 185 Å². The summed E-state index contributed by atoms with van der Waals surface area (Å²) in [5, 5.41) is 2.81. The number of amides is 3. The van der Waals surface area contributed by atoms with Crippen LogP contribution in [0.25, 0.3) is 11.1 Å². The number of hydrogen-bond donors (Lipinski definition) is 1. The minimum absolute atomic E-state index is 0.0327. The van der Waals surface area contributed by atoms with Gasteiger partial charge in [-0.15, -0.1) is 0 Å². The fourth-order valence-electron chi connectivity index (χ4n) is 5.90. The van der Waals surface area contributed by atoms with Gasteiger partial charge in [0.15, 0.2) is 5.78 Å². The third-order valence-electron chi connectivity index (χ3n) is 7.42. The molecule has 160 valence electrons. The highest BCUT2D eigenvalue weighted by molar-refractivity contribution is 6.22. The molecule has 32 heavy (non-hydrogen) atoms. The molecule has 2 aromatic rings. The number of rotatable bonds is 4.